The Kier molecular flexibility index (Phi) is 5.03. The van der Waals surface area contributed by atoms with Crippen molar-refractivity contribution < 1.29 is 4.79 Å². The number of carbonyl (C=O) groups excluding carboxylic acids is 1. The number of rotatable bonds is 5. The van der Waals surface area contributed by atoms with Gasteiger partial charge in [0.1, 0.15) is 0 Å². The first-order valence-electron chi connectivity index (χ1n) is 9.38. The fourth-order valence-electron chi connectivity index (χ4n) is 3.54. The van der Waals surface area contributed by atoms with Gasteiger partial charge in [0.05, 0.1) is 11.7 Å². The molecule has 27 heavy (non-hydrogen) atoms. The van der Waals surface area contributed by atoms with Crippen LogP contribution in [0.3, 0.4) is 0 Å². The molecule has 1 aromatic heterocycles. The number of fused-ring (bicyclic) bond motifs is 1. The van der Waals surface area contributed by atoms with Crippen molar-refractivity contribution in [3.63, 3.8) is 0 Å². The van der Waals surface area contributed by atoms with Crippen LogP contribution in [0.25, 0.3) is 5.69 Å². The number of nitrogens with one attached hydrogen (secondary N) is 1. The molecule has 3 aromatic rings. The molecule has 1 atom stereocenters. The van der Waals surface area contributed by atoms with Crippen LogP contribution in [0.1, 0.15) is 23.6 Å². The second-order valence-corrected chi connectivity index (χ2v) is 7.00. The van der Waals surface area contributed by atoms with Crippen LogP contribution in [-0.4, -0.2) is 33.2 Å². The van der Waals surface area contributed by atoms with Crippen LogP contribution in [0.5, 0.6) is 0 Å². The lowest BCUT2D eigenvalue weighted by Crippen LogP contribution is -2.46. The van der Waals surface area contributed by atoms with Gasteiger partial charge in [0.25, 0.3) is 0 Å². The first-order chi connectivity index (χ1) is 13.2. The van der Waals surface area contributed by atoms with Crippen molar-refractivity contribution in [1.82, 2.24) is 20.0 Å². The molecule has 0 bridgehead atoms. The molecule has 1 unspecified atom stereocenters. The van der Waals surface area contributed by atoms with Gasteiger partial charge >= 0.3 is 0 Å². The van der Waals surface area contributed by atoms with Crippen molar-refractivity contribution in [1.29, 1.82) is 0 Å². The third-order valence-corrected chi connectivity index (χ3v) is 5.26. The third kappa shape index (κ3) is 3.93. The topological polar surface area (TPSA) is 50.2 Å². The van der Waals surface area contributed by atoms with Gasteiger partial charge in [0.15, 0.2) is 0 Å². The van der Waals surface area contributed by atoms with Crippen LogP contribution < -0.4 is 5.32 Å². The van der Waals surface area contributed by atoms with Crippen LogP contribution in [0.2, 0.25) is 0 Å². The monoisotopic (exact) mass is 360 g/mol. The predicted octanol–water partition coefficient (Wildman–Crippen LogP) is 2.94. The second kappa shape index (κ2) is 7.76. The summed E-state index contributed by atoms with van der Waals surface area (Å²) < 4.78 is 1.82. The highest BCUT2D eigenvalue weighted by molar-refractivity contribution is 5.81. The summed E-state index contributed by atoms with van der Waals surface area (Å²) in [6.45, 7) is 4.28. The van der Waals surface area contributed by atoms with E-state index in [0.717, 1.165) is 30.8 Å². The summed E-state index contributed by atoms with van der Waals surface area (Å²) in [5.74, 6) is 0.0746. The van der Waals surface area contributed by atoms with Gasteiger partial charge in [0.2, 0.25) is 5.91 Å². The lowest BCUT2D eigenvalue weighted by molar-refractivity contribution is -0.126. The molecule has 138 valence electrons. The zero-order chi connectivity index (χ0) is 18.6. The van der Waals surface area contributed by atoms with Crippen molar-refractivity contribution in [3.8, 4) is 5.69 Å². The number of carbonyl (C=O) groups is 1. The number of aromatic nitrogens is 2. The van der Waals surface area contributed by atoms with Gasteiger partial charge in [0, 0.05) is 32.0 Å². The van der Waals surface area contributed by atoms with Gasteiger partial charge in [-0.05, 0) is 48.2 Å². The Bertz CT molecular complexity index is 902. The summed E-state index contributed by atoms with van der Waals surface area (Å²) in [6.07, 6.45) is 4.67. The van der Waals surface area contributed by atoms with Crippen molar-refractivity contribution in [3.05, 3.63) is 83.7 Å². The molecule has 1 aliphatic heterocycles. The Morgan fingerprint density at radius 1 is 1.11 bits per heavy atom. The van der Waals surface area contributed by atoms with Crippen molar-refractivity contribution in [2.45, 2.75) is 32.5 Å². The average molecular weight is 360 g/mol. The highest BCUT2D eigenvalue weighted by Gasteiger charge is 2.24. The van der Waals surface area contributed by atoms with E-state index in [1.54, 1.807) is 6.20 Å². The number of hydrogen-bond donors (Lipinski definition) is 1. The highest BCUT2D eigenvalue weighted by Crippen LogP contribution is 2.20. The maximum Gasteiger partial charge on any atom is 0.237 e. The summed E-state index contributed by atoms with van der Waals surface area (Å²) in [7, 11) is 0. The molecular formula is C22H24N4O. The molecule has 0 saturated carbocycles. The molecule has 0 spiro atoms. The number of benzene rings is 2. The number of amides is 1. The van der Waals surface area contributed by atoms with E-state index in [2.05, 4.69) is 39.6 Å². The summed E-state index contributed by atoms with van der Waals surface area (Å²) in [5, 5.41) is 7.29. The average Bonchev–Trinajstić information content (AvgIpc) is 3.26. The van der Waals surface area contributed by atoms with E-state index in [0.29, 0.717) is 6.54 Å². The molecule has 0 fully saturated rings. The van der Waals surface area contributed by atoms with E-state index in [4.69, 9.17) is 0 Å². The minimum atomic E-state index is -0.137. The fourth-order valence-corrected chi connectivity index (χ4v) is 3.54. The summed E-state index contributed by atoms with van der Waals surface area (Å²) >= 11 is 0. The molecule has 5 nitrogen and oxygen atoms in total. The summed E-state index contributed by atoms with van der Waals surface area (Å²) in [4.78, 5) is 14.9. The Morgan fingerprint density at radius 2 is 1.89 bits per heavy atom. The van der Waals surface area contributed by atoms with Gasteiger partial charge in [-0.25, -0.2) is 4.68 Å². The van der Waals surface area contributed by atoms with Crippen LogP contribution in [0, 0.1) is 0 Å². The van der Waals surface area contributed by atoms with Crippen LogP contribution in [0.4, 0.5) is 0 Å². The van der Waals surface area contributed by atoms with Gasteiger partial charge < -0.3 is 5.32 Å². The van der Waals surface area contributed by atoms with Gasteiger partial charge in [-0.1, -0.05) is 36.4 Å². The smallest absolute Gasteiger partial charge is 0.237 e. The summed E-state index contributed by atoms with van der Waals surface area (Å²) in [5.41, 5.74) is 4.82. The molecule has 4 rings (SSSR count). The van der Waals surface area contributed by atoms with E-state index < -0.39 is 0 Å². The van der Waals surface area contributed by atoms with Crippen molar-refractivity contribution in [2.24, 2.45) is 0 Å². The van der Waals surface area contributed by atoms with E-state index in [9.17, 15) is 4.79 Å². The Morgan fingerprint density at radius 3 is 2.63 bits per heavy atom. The standard InChI is InChI=1S/C22H24N4O/c1-17(25-14-11-19-5-2-3-6-20(19)16-25)22(27)23-15-18-7-9-21(10-8-18)26-13-4-12-24-26/h2-10,12-13,17H,11,14-16H2,1H3,(H,23,27). The lowest BCUT2D eigenvalue weighted by Gasteiger charge is -2.32. The molecular weight excluding hydrogens is 336 g/mol. The first-order valence-corrected chi connectivity index (χ1v) is 9.38. The summed E-state index contributed by atoms with van der Waals surface area (Å²) in [6, 6.07) is 18.3. The molecule has 2 heterocycles. The van der Waals surface area contributed by atoms with Crippen LogP contribution in [-0.2, 0) is 24.3 Å². The quantitative estimate of drug-likeness (QED) is 0.761. The largest absolute Gasteiger partial charge is 0.351 e. The normalized spacial score (nSPS) is 15.1. The first kappa shape index (κ1) is 17.5. The Labute approximate surface area is 159 Å². The van der Waals surface area contributed by atoms with E-state index in [1.165, 1.54) is 11.1 Å². The second-order valence-electron chi connectivity index (χ2n) is 7.00. The molecule has 2 aromatic carbocycles. The predicted molar refractivity (Wildman–Crippen MR) is 105 cm³/mol. The molecule has 0 aliphatic carbocycles. The minimum Gasteiger partial charge on any atom is -0.351 e. The number of nitrogens with zero attached hydrogens (tertiary/aromatic N) is 3. The lowest BCUT2D eigenvalue weighted by atomic mass is 9.99. The Balaban J connectivity index is 1.33. The zero-order valence-corrected chi connectivity index (χ0v) is 15.5. The van der Waals surface area contributed by atoms with E-state index in [-0.39, 0.29) is 11.9 Å². The van der Waals surface area contributed by atoms with Gasteiger partial charge in [-0.15, -0.1) is 0 Å². The van der Waals surface area contributed by atoms with E-state index >= 15 is 0 Å². The zero-order valence-electron chi connectivity index (χ0n) is 15.5. The van der Waals surface area contributed by atoms with E-state index in [1.807, 2.05) is 48.1 Å². The molecule has 0 radical (unpaired) electrons. The maximum absolute atomic E-state index is 12.6. The maximum atomic E-state index is 12.6. The molecule has 1 amide bonds. The number of hydrogen-bond acceptors (Lipinski definition) is 3. The molecule has 1 N–H and O–H groups in total. The molecule has 1 aliphatic rings. The van der Waals surface area contributed by atoms with Gasteiger partial charge in [-0.3, -0.25) is 9.69 Å². The van der Waals surface area contributed by atoms with Crippen LogP contribution >= 0.6 is 0 Å². The SMILES string of the molecule is CC(C(=O)NCc1ccc(-n2cccn2)cc1)N1CCc2ccccc2C1. The molecule has 0 saturated heterocycles. The van der Waals surface area contributed by atoms with Crippen LogP contribution in [0.15, 0.2) is 67.0 Å². The van der Waals surface area contributed by atoms with Crippen molar-refractivity contribution >= 4 is 5.91 Å². The van der Waals surface area contributed by atoms with Crippen molar-refractivity contribution in [2.75, 3.05) is 6.54 Å². The van der Waals surface area contributed by atoms with Gasteiger partial charge in [-0.2, -0.15) is 5.10 Å². The third-order valence-electron chi connectivity index (χ3n) is 5.26. The highest BCUT2D eigenvalue weighted by atomic mass is 16.2. The minimum absolute atomic E-state index is 0.0746. The Hall–Kier alpha value is -2.92. The molecule has 5 heteroatoms. The fraction of sp³-hybridized carbons (Fsp3) is 0.273.